The summed E-state index contributed by atoms with van der Waals surface area (Å²) in [7, 11) is 2.28. The van der Waals surface area contributed by atoms with Crippen molar-refractivity contribution in [1.29, 1.82) is 0 Å². The second-order valence-electron chi connectivity index (χ2n) is 5.63. The quantitative estimate of drug-likeness (QED) is 0.745. The fourth-order valence-corrected chi connectivity index (χ4v) is 2.81. The fraction of sp³-hybridized carbons (Fsp3) is 1.00. The largest absolute Gasteiger partial charge is 0.381 e. The Balaban J connectivity index is 1.87. The zero-order chi connectivity index (χ0) is 10.9. The molecule has 0 aromatic rings. The summed E-state index contributed by atoms with van der Waals surface area (Å²) in [5, 5.41) is 3.59. The third-order valence-corrected chi connectivity index (χ3v) is 3.90. The molecule has 2 aliphatic heterocycles. The van der Waals surface area contributed by atoms with Crippen LogP contribution in [0.2, 0.25) is 0 Å². The van der Waals surface area contributed by atoms with Gasteiger partial charge in [0.15, 0.2) is 0 Å². The molecule has 0 radical (unpaired) electrons. The molecular formula is C12H24N2O. The van der Waals surface area contributed by atoms with Crippen molar-refractivity contribution in [2.45, 2.75) is 50.7 Å². The molecule has 2 aliphatic rings. The zero-order valence-electron chi connectivity index (χ0n) is 10.3. The predicted octanol–water partition coefficient (Wildman–Crippen LogP) is 1.24. The Morgan fingerprint density at radius 3 is 2.40 bits per heavy atom. The first kappa shape index (κ1) is 11.4. The lowest BCUT2D eigenvalue weighted by Gasteiger charge is -2.35. The van der Waals surface area contributed by atoms with Crippen LogP contribution in [0.1, 0.15) is 33.1 Å². The third-order valence-electron chi connectivity index (χ3n) is 3.90. The molecule has 0 spiro atoms. The van der Waals surface area contributed by atoms with E-state index < -0.39 is 0 Å². The van der Waals surface area contributed by atoms with Crippen LogP contribution in [-0.2, 0) is 4.74 Å². The van der Waals surface area contributed by atoms with Crippen molar-refractivity contribution in [3.8, 4) is 0 Å². The van der Waals surface area contributed by atoms with Crippen molar-refractivity contribution in [3.05, 3.63) is 0 Å². The summed E-state index contributed by atoms with van der Waals surface area (Å²) in [5.41, 5.74) is 0.324. The number of nitrogens with zero attached hydrogens (tertiary/aromatic N) is 1. The molecule has 1 unspecified atom stereocenters. The Kier molecular flexibility index (Phi) is 3.33. The van der Waals surface area contributed by atoms with Gasteiger partial charge >= 0.3 is 0 Å². The van der Waals surface area contributed by atoms with E-state index in [0.29, 0.717) is 11.6 Å². The van der Waals surface area contributed by atoms with Crippen molar-refractivity contribution in [2.24, 2.45) is 0 Å². The van der Waals surface area contributed by atoms with Crippen LogP contribution in [0.4, 0.5) is 0 Å². The van der Waals surface area contributed by atoms with Crippen LogP contribution >= 0.6 is 0 Å². The molecule has 3 nitrogen and oxygen atoms in total. The van der Waals surface area contributed by atoms with Crippen molar-refractivity contribution < 1.29 is 4.74 Å². The average Bonchev–Trinajstić information content (AvgIpc) is 2.59. The highest BCUT2D eigenvalue weighted by Gasteiger charge is 2.35. The molecule has 1 atom stereocenters. The summed E-state index contributed by atoms with van der Waals surface area (Å²) in [4.78, 5) is 2.57. The summed E-state index contributed by atoms with van der Waals surface area (Å²) in [6.07, 6.45) is 3.67. The summed E-state index contributed by atoms with van der Waals surface area (Å²) < 4.78 is 5.41. The molecule has 15 heavy (non-hydrogen) atoms. The molecule has 2 fully saturated rings. The molecule has 2 heterocycles. The Morgan fingerprint density at radius 2 is 1.87 bits per heavy atom. The van der Waals surface area contributed by atoms with Crippen LogP contribution in [0.3, 0.4) is 0 Å². The summed E-state index contributed by atoms with van der Waals surface area (Å²) >= 11 is 0. The number of nitrogens with one attached hydrogen (secondary N) is 1. The van der Waals surface area contributed by atoms with E-state index in [9.17, 15) is 0 Å². The molecule has 3 heteroatoms. The van der Waals surface area contributed by atoms with Gasteiger partial charge in [0.05, 0.1) is 0 Å². The van der Waals surface area contributed by atoms with Crippen LogP contribution in [-0.4, -0.2) is 49.3 Å². The van der Waals surface area contributed by atoms with Gasteiger partial charge in [-0.3, -0.25) is 4.90 Å². The van der Waals surface area contributed by atoms with Gasteiger partial charge in [-0.15, -0.1) is 0 Å². The minimum atomic E-state index is 0.324. The second-order valence-corrected chi connectivity index (χ2v) is 5.63. The Bertz CT molecular complexity index is 212. The first-order chi connectivity index (χ1) is 7.08. The first-order valence-corrected chi connectivity index (χ1v) is 6.13. The lowest BCUT2D eigenvalue weighted by atomic mass is 9.98. The van der Waals surface area contributed by atoms with E-state index in [-0.39, 0.29) is 0 Å². The SMILES string of the molecule is CN(C1CCOCC1)C1CNC(C)(C)C1. The van der Waals surface area contributed by atoms with E-state index in [1.54, 1.807) is 0 Å². The molecule has 0 amide bonds. The van der Waals surface area contributed by atoms with Gasteiger partial charge < -0.3 is 10.1 Å². The van der Waals surface area contributed by atoms with Crippen LogP contribution in [0.25, 0.3) is 0 Å². The van der Waals surface area contributed by atoms with Crippen LogP contribution in [0.15, 0.2) is 0 Å². The van der Waals surface area contributed by atoms with Gasteiger partial charge in [0.2, 0.25) is 0 Å². The number of likely N-dealkylation sites (N-methyl/N-ethyl adjacent to an activating group) is 1. The van der Waals surface area contributed by atoms with Gasteiger partial charge in [-0.2, -0.15) is 0 Å². The van der Waals surface area contributed by atoms with E-state index in [1.807, 2.05) is 0 Å². The van der Waals surface area contributed by atoms with E-state index in [2.05, 4.69) is 31.1 Å². The highest BCUT2D eigenvalue weighted by Crippen LogP contribution is 2.25. The van der Waals surface area contributed by atoms with Crippen LogP contribution in [0.5, 0.6) is 0 Å². The molecule has 2 saturated heterocycles. The van der Waals surface area contributed by atoms with Gasteiger partial charge in [-0.1, -0.05) is 0 Å². The van der Waals surface area contributed by atoms with Gasteiger partial charge in [0, 0.05) is 37.4 Å². The van der Waals surface area contributed by atoms with Crippen LogP contribution < -0.4 is 5.32 Å². The Hall–Kier alpha value is -0.120. The highest BCUT2D eigenvalue weighted by molar-refractivity contribution is 4.95. The van der Waals surface area contributed by atoms with Crippen molar-refractivity contribution in [1.82, 2.24) is 10.2 Å². The average molecular weight is 212 g/mol. The second kappa shape index (κ2) is 4.40. The van der Waals surface area contributed by atoms with E-state index in [1.165, 1.54) is 19.3 Å². The highest BCUT2D eigenvalue weighted by atomic mass is 16.5. The lowest BCUT2D eigenvalue weighted by molar-refractivity contribution is 0.0305. The van der Waals surface area contributed by atoms with Crippen LogP contribution in [0, 0.1) is 0 Å². The van der Waals surface area contributed by atoms with E-state index in [4.69, 9.17) is 4.74 Å². The van der Waals surface area contributed by atoms with Crippen molar-refractivity contribution >= 4 is 0 Å². The van der Waals surface area contributed by atoms with Gasteiger partial charge in [0.25, 0.3) is 0 Å². The number of hydrogen-bond donors (Lipinski definition) is 1. The molecular weight excluding hydrogens is 188 g/mol. The predicted molar refractivity (Wildman–Crippen MR) is 62.1 cm³/mol. The summed E-state index contributed by atoms with van der Waals surface area (Å²) in [5.74, 6) is 0. The molecule has 0 aromatic heterocycles. The molecule has 88 valence electrons. The lowest BCUT2D eigenvalue weighted by Crippen LogP contribution is -2.44. The maximum atomic E-state index is 5.41. The van der Waals surface area contributed by atoms with Gasteiger partial charge in [0.1, 0.15) is 0 Å². The molecule has 0 saturated carbocycles. The smallest absolute Gasteiger partial charge is 0.0480 e. The maximum absolute atomic E-state index is 5.41. The van der Waals surface area contributed by atoms with E-state index in [0.717, 1.165) is 25.8 Å². The van der Waals surface area contributed by atoms with E-state index >= 15 is 0 Å². The molecule has 1 N–H and O–H groups in total. The molecule has 0 aromatic carbocycles. The zero-order valence-corrected chi connectivity index (χ0v) is 10.3. The number of rotatable bonds is 2. The number of hydrogen-bond acceptors (Lipinski definition) is 3. The fourth-order valence-electron chi connectivity index (χ4n) is 2.81. The molecule has 2 rings (SSSR count). The molecule has 0 bridgehead atoms. The number of ether oxygens (including phenoxy) is 1. The maximum Gasteiger partial charge on any atom is 0.0480 e. The minimum Gasteiger partial charge on any atom is -0.381 e. The van der Waals surface area contributed by atoms with Crippen molar-refractivity contribution in [2.75, 3.05) is 26.8 Å². The molecule has 0 aliphatic carbocycles. The van der Waals surface area contributed by atoms with Gasteiger partial charge in [-0.25, -0.2) is 0 Å². The Labute approximate surface area is 93.2 Å². The normalized spacial score (nSPS) is 32.4. The van der Waals surface area contributed by atoms with Gasteiger partial charge in [-0.05, 0) is 40.2 Å². The minimum absolute atomic E-state index is 0.324. The summed E-state index contributed by atoms with van der Waals surface area (Å²) in [6.45, 7) is 7.62. The first-order valence-electron chi connectivity index (χ1n) is 6.13. The Morgan fingerprint density at radius 1 is 1.20 bits per heavy atom. The monoisotopic (exact) mass is 212 g/mol. The standard InChI is InChI=1S/C12H24N2O/c1-12(2)8-11(9-13-12)14(3)10-4-6-15-7-5-10/h10-11,13H,4-9H2,1-3H3. The summed E-state index contributed by atoms with van der Waals surface area (Å²) in [6, 6.07) is 1.45. The third kappa shape index (κ3) is 2.71. The van der Waals surface area contributed by atoms with Crippen molar-refractivity contribution in [3.63, 3.8) is 0 Å². The topological polar surface area (TPSA) is 24.5 Å².